The summed E-state index contributed by atoms with van der Waals surface area (Å²) in [5, 5.41) is 4.83. The van der Waals surface area contributed by atoms with Gasteiger partial charge in [-0.1, -0.05) is 11.6 Å². The molecule has 0 unspecified atom stereocenters. The second kappa shape index (κ2) is 5.71. The van der Waals surface area contributed by atoms with Gasteiger partial charge in [0, 0.05) is 25.7 Å². The lowest BCUT2D eigenvalue weighted by atomic mass is 10.3. The normalized spacial score (nSPS) is 10.5. The third-order valence-electron chi connectivity index (χ3n) is 2.39. The fraction of sp³-hybridized carbons (Fsp3) is 0.250. The molecule has 90 valence electrons. The van der Waals surface area contributed by atoms with Gasteiger partial charge in [-0.15, -0.1) is 11.6 Å². The number of alkyl halides is 1. The fourth-order valence-corrected chi connectivity index (χ4v) is 2.69. The van der Waals surface area contributed by atoms with Gasteiger partial charge in [0.05, 0.1) is 5.02 Å². The van der Waals surface area contributed by atoms with Crippen LogP contribution in [0.1, 0.15) is 11.1 Å². The number of thiophene rings is 1. The van der Waals surface area contributed by atoms with Gasteiger partial charge in [0.2, 0.25) is 0 Å². The van der Waals surface area contributed by atoms with Gasteiger partial charge >= 0.3 is 0 Å². The summed E-state index contributed by atoms with van der Waals surface area (Å²) < 4.78 is 0. The molecule has 0 spiro atoms. The second-order valence-corrected chi connectivity index (χ2v) is 5.22. The van der Waals surface area contributed by atoms with E-state index in [1.165, 1.54) is 5.56 Å². The number of hydrogen-bond donors (Lipinski definition) is 0. The van der Waals surface area contributed by atoms with Gasteiger partial charge in [0.15, 0.2) is 0 Å². The number of pyridine rings is 1. The molecule has 0 bridgehead atoms. The lowest BCUT2D eigenvalue weighted by Crippen LogP contribution is -2.17. The highest BCUT2D eigenvalue weighted by molar-refractivity contribution is 7.07. The van der Waals surface area contributed by atoms with Gasteiger partial charge in [-0.05, 0) is 34.0 Å². The highest BCUT2D eigenvalue weighted by Crippen LogP contribution is 2.25. The van der Waals surface area contributed by atoms with Crippen molar-refractivity contribution in [3.05, 3.63) is 45.2 Å². The zero-order valence-electron chi connectivity index (χ0n) is 9.36. The minimum atomic E-state index is 0.432. The topological polar surface area (TPSA) is 16.1 Å². The predicted molar refractivity (Wildman–Crippen MR) is 75.2 cm³/mol. The van der Waals surface area contributed by atoms with Crippen molar-refractivity contribution in [2.24, 2.45) is 0 Å². The van der Waals surface area contributed by atoms with Crippen LogP contribution in [0.15, 0.2) is 29.1 Å². The summed E-state index contributed by atoms with van der Waals surface area (Å²) in [4.78, 5) is 6.37. The Kier molecular flexibility index (Phi) is 4.26. The molecule has 2 aromatic rings. The number of nitrogens with zero attached hydrogens (tertiary/aromatic N) is 2. The average molecular weight is 287 g/mol. The predicted octanol–water partition coefficient (Wildman–Crippen LogP) is 4.17. The van der Waals surface area contributed by atoms with E-state index in [0.29, 0.717) is 10.9 Å². The van der Waals surface area contributed by atoms with Crippen LogP contribution < -0.4 is 4.90 Å². The van der Waals surface area contributed by atoms with E-state index < -0.39 is 0 Å². The maximum absolute atomic E-state index is 6.18. The molecule has 0 aliphatic heterocycles. The molecule has 2 aromatic heterocycles. The second-order valence-electron chi connectivity index (χ2n) is 3.77. The van der Waals surface area contributed by atoms with Crippen LogP contribution in [0.5, 0.6) is 0 Å². The molecule has 2 rings (SSSR count). The Morgan fingerprint density at radius 3 is 2.82 bits per heavy atom. The van der Waals surface area contributed by atoms with E-state index in [4.69, 9.17) is 23.2 Å². The van der Waals surface area contributed by atoms with Crippen LogP contribution in [0.25, 0.3) is 0 Å². The van der Waals surface area contributed by atoms with E-state index in [2.05, 4.69) is 21.8 Å². The molecule has 0 fully saturated rings. The SMILES string of the molecule is CN(Cc1ccsc1)c1ncc(CCl)cc1Cl. The Morgan fingerprint density at radius 2 is 2.24 bits per heavy atom. The van der Waals surface area contributed by atoms with E-state index in [-0.39, 0.29) is 0 Å². The van der Waals surface area contributed by atoms with Crippen molar-refractivity contribution < 1.29 is 0 Å². The molecule has 5 heteroatoms. The standard InChI is InChI=1S/C12H12Cl2N2S/c1-16(7-9-2-3-17-8-9)12-11(14)4-10(5-13)6-15-12/h2-4,6,8H,5,7H2,1H3. The summed E-state index contributed by atoms with van der Waals surface area (Å²) in [6.07, 6.45) is 1.76. The Labute approximate surface area is 115 Å². The molecule has 17 heavy (non-hydrogen) atoms. The average Bonchev–Trinajstić information content (AvgIpc) is 2.81. The molecular formula is C12H12Cl2N2S. The zero-order chi connectivity index (χ0) is 12.3. The van der Waals surface area contributed by atoms with Crippen molar-refractivity contribution in [1.82, 2.24) is 4.98 Å². The summed E-state index contributed by atoms with van der Waals surface area (Å²) >= 11 is 13.6. The van der Waals surface area contributed by atoms with Crippen LogP contribution >= 0.6 is 34.5 Å². The minimum Gasteiger partial charge on any atom is -0.354 e. The maximum atomic E-state index is 6.18. The van der Waals surface area contributed by atoms with E-state index in [0.717, 1.165) is 17.9 Å². The Morgan fingerprint density at radius 1 is 1.41 bits per heavy atom. The van der Waals surface area contributed by atoms with E-state index in [1.807, 2.05) is 18.0 Å². The van der Waals surface area contributed by atoms with Gasteiger partial charge in [0.25, 0.3) is 0 Å². The first-order valence-corrected chi connectivity index (χ1v) is 6.99. The molecule has 0 amide bonds. The summed E-state index contributed by atoms with van der Waals surface area (Å²) in [6.45, 7) is 0.802. The summed E-state index contributed by atoms with van der Waals surface area (Å²) in [6, 6.07) is 3.96. The lowest BCUT2D eigenvalue weighted by molar-refractivity contribution is 0.900. The highest BCUT2D eigenvalue weighted by Gasteiger charge is 2.09. The molecular weight excluding hydrogens is 275 g/mol. The quantitative estimate of drug-likeness (QED) is 0.784. The molecule has 0 aliphatic rings. The van der Waals surface area contributed by atoms with Crippen molar-refractivity contribution in [3.8, 4) is 0 Å². The van der Waals surface area contributed by atoms with Crippen molar-refractivity contribution in [3.63, 3.8) is 0 Å². The van der Waals surface area contributed by atoms with E-state index in [1.54, 1.807) is 17.5 Å². The maximum Gasteiger partial charge on any atom is 0.147 e. The van der Waals surface area contributed by atoms with Crippen molar-refractivity contribution in [2.45, 2.75) is 12.4 Å². The highest BCUT2D eigenvalue weighted by atomic mass is 35.5. The van der Waals surface area contributed by atoms with Crippen molar-refractivity contribution in [2.75, 3.05) is 11.9 Å². The minimum absolute atomic E-state index is 0.432. The lowest BCUT2D eigenvalue weighted by Gasteiger charge is -2.19. The first-order chi connectivity index (χ1) is 8.20. The molecule has 0 saturated carbocycles. The summed E-state index contributed by atoms with van der Waals surface area (Å²) in [5.41, 5.74) is 2.20. The molecule has 0 saturated heterocycles. The van der Waals surface area contributed by atoms with Gasteiger partial charge in [-0.3, -0.25) is 0 Å². The monoisotopic (exact) mass is 286 g/mol. The van der Waals surface area contributed by atoms with E-state index >= 15 is 0 Å². The zero-order valence-corrected chi connectivity index (χ0v) is 11.7. The summed E-state index contributed by atoms with van der Waals surface area (Å²) in [7, 11) is 1.98. The van der Waals surface area contributed by atoms with Crippen molar-refractivity contribution >= 4 is 40.4 Å². The van der Waals surface area contributed by atoms with Crippen LogP contribution in [-0.2, 0) is 12.4 Å². The molecule has 0 N–H and O–H groups in total. The first kappa shape index (κ1) is 12.7. The fourth-order valence-electron chi connectivity index (χ4n) is 1.56. The molecule has 0 radical (unpaired) electrons. The summed E-state index contributed by atoms with van der Waals surface area (Å²) in [5.74, 6) is 1.22. The van der Waals surface area contributed by atoms with Crippen LogP contribution in [0.4, 0.5) is 5.82 Å². The number of hydrogen-bond acceptors (Lipinski definition) is 3. The Balaban J connectivity index is 2.16. The van der Waals surface area contributed by atoms with Crippen LogP contribution in [-0.4, -0.2) is 12.0 Å². The Hall–Kier alpha value is -0.770. The number of anilines is 1. The van der Waals surface area contributed by atoms with Gasteiger partial charge in [-0.2, -0.15) is 11.3 Å². The number of halogens is 2. The molecule has 0 atom stereocenters. The van der Waals surface area contributed by atoms with Gasteiger partial charge in [0.1, 0.15) is 5.82 Å². The molecule has 2 heterocycles. The third-order valence-corrected chi connectivity index (χ3v) is 3.71. The molecule has 0 aromatic carbocycles. The van der Waals surface area contributed by atoms with Crippen LogP contribution in [0, 0.1) is 0 Å². The van der Waals surface area contributed by atoms with Crippen LogP contribution in [0.3, 0.4) is 0 Å². The van der Waals surface area contributed by atoms with E-state index in [9.17, 15) is 0 Å². The molecule has 0 aliphatic carbocycles. The third kappa shape index (κ3) is 3.12. The van der Waals surface area contributed by atoms with Gasteiger partial charge in [-0.25, -0.2) is 4.98 Å². The van der Waals surface area contributed by atoms with Crippen LogP contribution in [0.2, 0.25) is 5.02 Å². The first-order valence-electron chi connectivity index (χ1n) is 5.13. The van der Waals surface area contributed by atoms with Crippen molar-refractivity contribution in [1.29, 1.82) is 0 Å². The number of rotatable bonds is 4. The largest absolute Gasteiger partial charge is 0.354 e. The smallest absolute Gasteiger partial charge is 0.147 e. The Bertz CT molecular complexity index is 485. The molecule has 2 nitrogen and oxygen atoms in total. The number of aromatic nitrogens is 1. The van der Waals surface area contributed by atoms with Gasteiger partial charge < -0.3 is 4.90 Å².